The average Bonchev–Trinajstić information content (AvgIpc) is 2.72. The Bertz CT molecular complexity index is 975. The minimum Gasteiger partial charge on any atom is -0.462 e. The highest BCUT2D eigenvalue weighted by molar-refractivity contribution is 5.90. The van der Waals surface area contributed by atoms with Crippen molar-refractivity contribution in [3.63, 3.8) is 0 Å². The number of carbonyl (C=O) groups excluding carboxylic acids is 1. The van der Waals surface area contributed by atoms with Crippen LogP contribution in [0.15, 0.2) is 36.4 Å². The molecule has 2 heteroatoms. The van der Waals surface area contributed by atoms with E-state index < -0.39 is 0 Å². The van der Waals surface area contributed by atoms with Gasteiger partial charge in [0.05, 0.1) is 12.2 Å². The van der Waals surface area contributed by atoms with E-state index in [4.69, 9.17) is 4.74 Å². The fraction of sp³-hybridized carbons (Fsp3) is 0.483. The van der Waals surface area contributed by atoms with Gasteiger partial charge in [-0.25, -0.2) is 4.79 Å². The summed E-state index contributed by atoms with van der Waals surface area (Å²) in [6.45, 7) is 16.5. The van der Waals surface area contributed by atoms with Gasteiger partial charge in [-0.1, -0.05) is 71.4 Å². The molecule has 0 spiro atoms. The Morgan fingerprint density at radius 2 is 1.58 bits per heavy atom. The molecule has 0 radical (unpaired) electrons. The molecule has 0 heterocycles. The van der Waals surface area contributed by atoms with Crippen molar-refractivity contribution in [3.8, 4) is 0 Å². The van der Waals surface area contributed by atoms with Crippen LogP contribution in [0.25, 0.3) is 11.6 Å². The van der Waals surface area contributed by atoms with Crippen LogP contribution in [0.1, 0.15) is 105 Å². The Balaban J connectivity index is 1.88. The Morgan fingerprint density at radius 1 is 1.00 bits per heavy atom. The number of fused-ring (bicyclic) bond motifs is 1. The van der Waals surface area contributed by atoms with E-state index in [0.717, 1.165) is 18.4 Å². The molecule has 0 aliphatic heterocycles. The summed E-state index contributed by atoms with van der Waals surface area (Å²) in [4.78, 5) is 12.1. The lowest BCUT2D eigenvalue weighted by atomic mass is 9.62. The number of esters is 1. The first kappa shape index (κ1) is 23.3. The summed E-state index contributed by atoms with van der Waals surface area (Å²) < 4.78 is 5.31. The number of unbranched alkanes of at least 4 members (excludes halogenated alkanes) is 1. The maximum atomic E-state index is 12.1. The molecule has 1 aliphatic rings. The number of hydrogen-bond acceptors (Lipinski definition) is 2. The number of allylic oxidation sites excluding steroid dienone is 1. The van der Waals surface area contributed by atoms with Crippen LogP contribution in [0.5, 0.6) is 0 Å². The number of hydrogen-bond donors (Lipinski definition) is 0. The van der Waals surface area contributed by atoms with Crippen molar-refractivity contribution >= 4 is 17.6 Å². The molecule has 166 valence electrons. The van der Waals surface area contributed by atoms with Crippen molar-refractivity contribution in [2.75, 3.05) is 6.61 Å². The maximum Gasteiger partial charge on any atom is 0.338 e. The molecule has 0 atom stereocenters. The molecule has 0 fully saturated rings. The third kappa shape index (κ3) is 5.11. The van der Waals surface area contributed by atoms with Crippen LogP contribution in [0.4, 0.5) is 0 Å². The van der Waals surface area contributed by atoms with Crippen LogP contribution in [0.3, 0.4) is 0 Å². The van der Waals surface area contributed by atoms with E-state index in [1.54, 1.807) is 0 Å². The first-order valence-electron chi connectivity index (χ1n) is 11.7. The second kappa shape index (κ2) is 9.02. The van der Waals surface area contributed by atoms with Gasteiger partial charge in [-0.2, -0.15) is 0 Å². The van der Waals surface area contributed by atoms with E-state index in [1.165, 1.54) is 40.7 Å². The van der Waals surface area contributed by atoms with Gasteiger partial charge in [0.25, 0.3) is 0 Å². The summed E-state index contributed by atoms with van der Waals surface area (Å²) in [6, 6.07) is 12.6. The lowest BCUT2D eigenvalue weighted by Crippen LogP contribution is -2.34. The monoisotopic (exact) mass is 418 g/mol. The van der Waals surface area contributed by atoms with Crippen LogP contribution >= 0.6 is 0 Å². The third-order valence-corrected chi connectivity index (χ3v) is 6.88. The first-order chi connectivity index (χ1) is 14.5. The molecule has 0 N–H and O–H groups in total. The molecule has 2 aromatic carbocycles. The van der Waals surface area contributed by atoms with Crippen LogP contribution in [0.2, 0.25) is 0 Å². The minimum absolute atomic E-state index is 0.202. The van der Waals surface area contributed by atoms with Crippen molar-refractivity contribution in [2.24, 2.45) is 0 Å². The van der Waals surface area contributed by atoms with Gasteiger partial charge >= 0.3 is 5.97 Å². The number of rotatable bonds is 6. The van der Waals surface area contributed by atoms with Crippen LogP contribution in [-0.4, -0.2) is 12.6 Å². The molecule has 0 amide bonds. The van der Waals surface area contributed by atoms with Gasteiger partial charge < -0.3 is 4.74 Å². The summed E-state index contributed by atoms with van der Waals surface area (Å²) in [5, 5.41) is 0. The predicted molar refractivity (Wildman–Crippen MR) is 132 cm³/mol. The Labute approximate surface area is 188 Å². The molecular formula is C29H38O2. The zero-order valence-electron chi connectivity index (χ0n) is 20.4. The lowest BCUT2D eigenvalue weighted by molar-refractivity contribution is 0.0499. The molecule has 2 aromatic rings. The highest BCUT2D eigenvalue weighted by Gasteiger charge is 2.37. The summed E-state index contributed by atoms with van der Waals surface area (Å²) >= 11 is 0. The molecule has 0 saturated carbocycles. The minimum atomic E-state index is -0.240. The van der Waals surface area contributed by atoms with E-state index in [2.05, 4.69) is 66.7 Å². The topological polar surface area (TPSA) is 26.3 Å². The van der Waals surface area contributed by atoms with Crippen molar-refractivity contribution in [3.05, 3.63) is 69.8 Å². The average molecular weight is 419 g/mol. The smallest absolute Gasteiger partial charge is 0.338 e. The Hall–Kier alpha value is -2.35. The van der Waals surface area contributed by atoms with Crippen molar-refractivity contribution in [1.82, 2.24) is 0 Å². The maximum absolute atomic E-state index is 12.1. The summed E-state index contributed by atoms with van der Waals surface area (Å²) in [5.74, 6) is -0.240. The van der Waals surface area contributed by atoms with Gasteiger partial charge in [-0.05, 0) is 89.5 Å². The molecule has 0 saturated heterocycles. The van der Waals surface area contributed by atoms with Crippen molar-refractivity contribution < 1.29 is 9.53 Å². The van der Waals surface area contributed by atoms with Gasteiger partial charge in [-0.3, -0.25) is 0 Å². The molecule has 0 unspecified atom stereocenters. The highest BCUT2D eigenvalue weighted by Crippen LogP contribution is 2.47. The molecule has 1 aliphatic carbocycles. The van der Waals surface area contributed by atoms with E-state index in [9.17, 15) is 4.79 Å². The van der Waals surface area contributed by atoms with Crippen LogP contribution < -0.4 is 0 Å². The summed E-state index contributed by atoms with van der Waals surface area (Å²) in [6.07, 6.45) is 6.58. The second-order valence-electron chi connectivity index (χ2n) is 10.4. The highest BCUT2D eigenvalue weighted by atomic mass is 16.5. The standard InChI is InChI=1S/C29H38O2/c1-8-9-16-31-27(30)23-12-10-22(11-13-23)17-20(2)24-19-26-25(18-21(24)3)28(4,5)14-15-29(26,6)7/h10-13,17-19H,8-9,14-16H2,1-7H3/b20-17+. The fourth-order valence-corrected chi connectivity index (χ4v) is 4.58. The van der Waals surface area contributed by atoms with E-state index >= 15 is 0 Å². The van der Waals surface area contributed by atoms with E-state index in [1.807, 2.05) is 24.3 Å². The molecular weight excluding hydrogens is 380 g/mol. The molecule has 0 bridgehead atoms. The van der Waals surface area contributed by atoms with E-state index in [0.29, 0.717) is 12.2 Å². The SMILES string of the molecule is CCCCOC(=O)c1ccc(/C=C(\C)c2cc3c(cc2C)C(C)(C)CCC3(C)C)cc1. The summed E-state index contributed by atoms with van der Waals surface area (Å²) in [5.41, 5.74) is 9.02. The van der Waals surface area contributed by atoms with Gasteiger partial charge in [0.15, 0.2) is 0 Å². The number of ether oxygens (including phenoxy) is 1. The van der Waals surface area contributed by atoms with Gasteiger partial charge in [0.1, 0.15) is 0 Å². The normalized spacial score (nSPS) is 17.2. The van der Waals surface area contributed by atoms with E-state index in [-0.39, 0.29) is 16.8 Å². The largest absolute Gasteiger partial charge is 0.462 e. The quantitative estimate of drug-likeness (QED) is 0.271. The predicted octanol–water partition coefficient (Wildman–Crippen LogP) is 7.86. The van der Waals surface area contributed by atoms with Crippen molar-refractivity contribution in [1.29, 1.82) is 0 Å². The van der Waals surface area contributed by atoms with Crippen molar-refractivity contribution in [2.45, 2.75) is 85.0 Å². The van der Waals surface area contributed by atoms with Gasteiger partial charge in [0.2, 0.25) is 0 Å². The molecule has 3 rings (SSSR count). The second-order valence-corrected chi connectivity index (χ2v) is 10.4. The van der Waals surface area contributed by atoms with Crippen LogP contribution in [0, 0.1) is 6.92 Å². The Kier molecular flexibility index (Phi) is 6.79. The Morgan fingerprint density at radius 3 is 2.16 bits per heavy atom. The molecule has 2 nitrogen and oxygen atoms in total. The zero-order chi connectivity index (χ0) is 22.8. The van der Waals surface area contributed by atoms with Gasteiger partial charge in [0, 0.05) is 0 Å². The van der Waals surface area contributed by atoms with Crippen LogP contribution in [-0.2, 0) is 15.6 Å². The number of carbonyl (C=O) groups is 1. The third-order valence-electron chi connectivity index (χ3n) is 6.88. The molecule has 0 aromatic heterocycles. The van der Waals surface area contributed by atoms with Gasteiger partial charge in [-0.15, -0.1) is 0 Å². The summed E-state index contributed by atoms with van der Waals surface area (Å²) in [7, 11) is 0. The lowest BCUT2D eigenvalue weighted by Gasteiger charge is -2.42. The fourth-order valence-electron chi connectivity index (χ4n) is 4.58. The number of benzene rings is 2. The zero-order valence-corrected chi connectivity index (χ0v) is 20.4. The first-order valence-corrected chi connectivity index (χ1v) is 11.7. The molecule has 31 heavy (non-hydrogen) atoms. The number of aryl methyl sites for hydroxylation is 1.